The topological polar surface area (TPSA) is 102 Å². The van der Waals surface area contributed by atoms with Crippen molar-refractivity contribution >= 4 is 23.5 Å². The van der Waals surface area contributed by atoms with Gasteiger partial charge in [-0.25, -0.2) is 4.98 Å². The van der Waals surface area contributed by atoms with Gasteiger partial charge in [0.05, 0.1) is 20.4 Å². The molecule has 10 heteroatoms. The standard InChI is InChI=1S/C17H16ClN5O4/c1-25-12-5-11(6-13(7-12)26-2)10-27-16-8-15(21-22-16)23(18)17(24)14-9-19-3-4-20-14/h3-9H,10H2,1-2H3,(H,21,22). The molecule has 0 atom stereocenters. The van der Waals surface area contributed by atoms with Crippen LogP contribution in [0.4, 0.5) is 5.82 Å². The van der Waals surface area contributed by atoms with Crippen molar-refractivity contribution in [2.45, 2.75) is 6.61 Å². The fraction of sp³-hybridized carbons (Fsp3) is 0.176. The number of rotatable bonds is 7. The van der Waals surface area contributed by atoms with Gasteiger partial charge in [0, 0.05) is 36.3 Å². The molecular weight excluding hydrogens is 374 g/mol. The fourth-order valence-electron chi connectivity index (χ4n) is 2.19. The maximum Gasteiger partial charge on any atom is 0.294 e. The molecule has 0 aliphatic carbocycles. The van der Waals surface area contributed by atoms with Gasteiger partial charge in [-0.05, 0) is 17.7 Å². The number of benzene rings is 1. The van der Waals surface area contributed by atoms with Crippen LogP contribution in [0.3, 0.4) is 0 Å². The molecule has 0 saturated carbocycles. The summed E-state index contributed by atoms with van der Waals surface area (Å²) in [4.78, 5) is 20.0. The zero-order valence-electron chi connectivity index (χ0n) is 14.5. The average molecular weight is 390 g/mol. The van der Waals surface area contributed by atoms with E-state index in [0.29, 0.717) is 11.5 Å². The van der Waals surface area contributed by atoms with Gasteiger partial charge in [-0.15, -0.1) is 5.10 Å². The van der Waals surface area contributed by atoms with Gasteiger partial charge in [0.15, 0.2) is 5.82 Å². The van der Waals surface area contributed by atoms with Crippen LogP contribution in [0.15, 0.2) is 42.9 Å². The number of ether oxygens (including phenoxy) is 3. The highest BCUT2D eigenvalue weighted by molar-refractivity contribution is 6.38. The van der Waals surface area contributed by atoms with Gasteiger partial charge in [-0.1, -0.05) is 0 Å². The van der Waals surface area contributed by atoms with Crippen molar-refractivity contribution in [3.63, 3.8) is 0 Å². The molecular formula is C17H16ClN5O4. The lowest BCUT2D eigenvalue weighted by atomic mass is 10.2. The molecule has 0 spiro atoms. The number of methoxy groups -OCH3 is 2. The molecule has 0 aliphatic rings. The summed E-state index contributed by atoms with van der Waals surface area (Å²) in [6, 6.07) is 6.90. The molecule has 3 rings (SSSR count). The molecule has 0 fully saturated rings. The van der Waals surface area contributed by atoms with E-state index < -0.39 is 5.91 Å². The predicted octanol–water partition coefficient (Wildman–Crippen LogP) is 2.60. The van der Waals surface area contributed by atoms with Crippen LogP contribution in [0.1, 0.15) is 16.1 Å². The van der Waals surface area contributed by atoms with Gasteiger partial charge in [-0.3, -0.25) is 14.9 Å². The number of nitrogens with zero attached hydrogens (tertiary/aromatic N) is 4. The first kappa shape index (κ1) is 18.5. The minimum atomic E-state index is -0.544. The number of nitrogens with one attached hydrogen (secondary N) is 1. The monoisotopic (exact) mass is 389 g/mol. The molecule has 2 aromatic heterocycles. The summed E-state index contributed by atoms with van der Waals surface area (Å²) in [5.74, 6) is 1.27. The van der Waals surface area contributed by atoms with Gasteiger partial charge in [0.1, 0.15) is 23.8 Å². The molecule has 1 N–H and O–H groups in total. The Hall–Kier alpha value is -3.33. The second kappa shape index (κ2) is 8.37. The number of anilines is 1. The first-order valence-corrected chi connectivity index (χ1v) is 8.11. The number of carbonyl (C=O) groups is 1. The highest BCUT2D eigenvalue weighted by atomic mass is 35.5. The van der Waals surface area contributed by atoms with E-state index in [9.17, 15) is 4.79 Å². The van der Waals surface area contributed by atoms with Crippen molar-refractivity contribution in [2.24, 2.45) is 0 Å². The third-order valence-electron chi connectivity index (χ3n) is 3.51. The number of aromatic nitrogens is 4. The van der Waals surface area contributed by atoms with E-state index in [-0.39, 0.29) is 24.0 Å². The molecule has 0 unspecified atom stereocenters. The minimum absolute atomic E-state index is 0.105. The maximum absolute atomic E-state index is 12.2. The van der Waals surface area contributed by atoms with Gasteiger partial charge in [0.2, 0.25) is 5.88 Å². The Morgan fingerprint density at radius 1 is 1.15 bits per heavy atom. The Balaban J connectivity index is 1.67. The first-order chi connectivity index (χ1) is 13.1. The molecule has 0 bridgehead atoms. The van der Waals surface area contributed by atoms with Crippen molar-refractivity contribution in [1.29, 1.82) is 0 Å². The van der Waals surface area contributed by atoms with E-state index in [1.807, 2.05) is 12.1 Å². The van der Waals surface area contributed by atoms with Gasteiger partial charge in [0.25, 0.3) is 5.91 Å². The Labute approximate surface area is 160 Å². The van der Waals surface area contributed by atoms with Crippen LogP contribution in [0.5, 0.6) is 17.4 Å². The summed E-state index contributed by atoms with van der Waals surface area (Å²) in [6.45, 7) is 0.220. The lowest BCUT2D eigenvalue weighted by Crippen LogP contribution is -2.22. The van der Waals surface area contributed by atoms with Crippen molar-refractivity contribution in [1.82, 2.24) is 20.2 Å². The molecule has 0 radical (unpaired) electrons. The second-order valence-electron chi connectivity index (χ2n) is 5.28. The SMILES string of the molecule is COc1cc(COc2cc(N(Cl)C(=O)c3cnccn3)[nH]n2)cc(OC)c1. The van der Waals surface area contributed by atoms with Crippen LogP contribution >= 0.6 is 11.8 Å². The van der Waals surface area contributed by atoms with Crippen LogP contribution < -0.4 is 18.6 Å². The Morgan fingerprint density at radius 2 is 1.89 bits per heavy atom. The molecule has 0 saturated heterocycles. The zero-order valence-corrected chi connectivity index (χ0v) is 15.3. The van der Waals surface area contributed by atoms with Crippen LogP contribution in [-0.4, -0.2) is 40.3 Å². The van der Waals surface area contributed by atoms with Crippen molar-refractivity contribution < 1.29 is 19.0 Å². The van der Waals surface area contributed by atoms with Gasteiger partial charge >= 0.3 is 0 Å². The number of aromatic amines is 1. The van der Waals surface area contributed by atoms with Gasteiger partial charge < -0.3 is 14.2 Å². The molecule has 0 aliphatic heterocycles. The largest absolute Gasteiger partial charge is 0.497 e. The number of halogens is 1. The molecule has 1 aromatic carbocycles. The van der Waals surface area contributed by atoms with Crippen LogP contribution in [0, 0.1) is 0 Å². The van der Waals surface area contributed by atoms with Crippen molar-refractivity contribution in [3.8, 4) is 17.4 Å². The number of H-pyrrole nitrogens is 1. The Bertz CT molecular complexity index is 896. The second-order valence-corrected chi connectivity index (χ2v) is 5.62. The lowest BCUT2D eigenvalue weighted by Gasteiger charge is -2.09. The van der Waals surface area contributed by atoms with E-state index in [4.69, 9.17) is 26.0 Å². The van der Waals surface area contributed by atoms with E-state index >= 15 is 0 Å². The smallest absolute Gasteiger partial charge is 0.294 e. The average Bonchev–Trinajstić information content (AvgIpc) is 3.20. The number of hydrogen-bond acceptors (Lipinski definition) is 7. The Kier molecular flexibility index (Phi) is 5.72. The number of amides is 1. The van der Waals surface area contributed by atoms with Crippen molar-refractivity contribution in [3.05, 3.63) is 54.1 Å². The number of hydrogen-bond donors (Lipinski definition) is 1. The summed E-state index contributed by atoms with van der Waals surface area (Å²) < 4.78 is 16.9. The molecule has 2 heterocycles. The summed E-state index contributed by atoms with van der Waals surface area (Å²) in [5, 5.41) is 6.63. The quantitative estimate of drug-likeness (QED) is 0.619. The van der Waals surface area contributed by atoms with Crippen LogP contribution in [-0.2, 0) is 6.61 Å². The fourth-order valence-corrected chi connectivity index (χ4v) is 2.37. The third-order valence-corrected chi connectivity index (χ3v) is 3.85. The van der Waals surface area contributed by atoms with E-state index in [1.165, 1.54) is 24.7 Å². The van der Waals surface area contributed by atoms with Crippen molar-refractivity contribution in [2.75, 3.05) is 18.6 Å². The molecule has 140 valence electrons. The summed E-state index contributed by atoms with van der Waals surface area (Å²) in [7, 11) is 3.14. The third kappa shape index (κ3) is 4.45. The highest BCUT2D eigenvalue weighted by Crippen LogP contribution is 2.25. The number of carbonyl (C=O) groups excluding carboxylic acids is 1. The minimum Gasteiger partial charge on any atom is -0.497 e. The Morgan fingerprint density at radius 3 is 2.52 bits per heavy atom. The van der Waals surface area contributed by atoms with Crippen LogP contribution in [0.25, 0.3) is 0 Å². The molecule has 1 amide bonds. The van der Waals surface area contributed by atoms with Crippen LogP contribution in [0.2, 0.25) is 0 Å². The summed E-state index contributed by atoms with van der Waals surface area (Å²) >= 11 is 6.06. The van der Waals surface area contributed by atoms with Gasteiger partial charge in [-0.2, -0.15) is 4.42 Å². The zero-order chi connectivity index (χ0) is 19.2. The molecule has 27 heavy (non-hydrogen) atoms. The predicted molar refractivity (Wildman–Crippen MR) is 97.2 cm³/mol. The summed E-state index contributed by atoms with van der Waals surface area (Å²) in [5.41, 5.74) is 0.933. The van der Waals surface area contributed by atoms with E-state index in [1.54, 1.807) is 20.3 Å². The maximum atomic E-state index is 12.2. The lowest BCUT2D eigenvalue weighted by molar-refractivity contribution is 0.1000. The van der Waals surface area contributed by atoms with E-state index in [0.717, 1.165) is 9.98 Å². The summed E-state index contributed by atoms with van der Waals surface area (Å²) in [6.07, 6.45) is 4.19. The van der Waals surface area contributed by atoms with E-state index in [2.05, 4.69) is 20.2 Å². The first-order valence-electron chi connectivity index (χ1n) is 7.77. The normalized spacial score (nSPS) is 10.3. The molecule has 3 aromatic rings. The molecule has 9 nitrogen and oxygen atoms in total. The highest BCUT2D eigenvalue weighted by Gasteiger charge is 2.19.